The van der Waals surface area contributed by atoms with Crippen LogP contribution >= 0.6 is 0 Å². The molecule has 0 amide bonds. The first kappa shape index (κ1) is 38.7. The molecule has 3 fully saturated rings. The Morgan fingerprint density at radius 2 is 1.57 bits per heavy atom. The van der Waals surface area contributed by atoms with Gasteiger partial charge in [-0.15, -0.1) is 0 Å². The average molecular weight is 749 g/mol. The van der Waals surface area contributed by atoms with Gasteiger partial charge < -0.3 is 48.9 Å². The minimum absolute atomic E-state index is 0.0112. The summed E-state index contributed by atoms with van der Waals surface area (Å²) in [5.41, 5.74) is -1.87. The van der Waals surface area contributed by atoms with Crippen LogP contribution in [0.4, 0.5) is 0 Å². The highest BCUT2D eigenvalue weighted by Gasteiger charge is 2.59. The molecule has 0 unspecified atom stereocenters. The number of nitrogens with zero attached hydrogens (tertiary/aromatic N) is 2. The summed E-state index contributed by atoms with van der Waals surface area (Å²) < 4.78 is 25.0. The van der Waals surface area contributed by atoms with Gasteiger partial charge in [0.25, 0.3) is 0 Å². The Labute approximate surface area is 314 Å². The second-order valence-corrected chi connectivity index (χ2v) is 16.5. The van der Waals surface area contributed by atoms with E-state index >= 15 is 4.79 Å². The van der Waals surface area contributed by atoms with E-state index in [4.69, 9.17) is 18.6 Å². The van der Waals surface area contributed by atoms with Crippen LogP contribution < -0.4 is 5.43 Å². The topological polar surface area (TPSA) is 183 Å². The summed E-state index contributed by atoms with van der Waals surface area (Å²) in [6.07, 6.45) is -5.10. The molecule has 292 valence electrons. The van der Waals surface area contributed by atoms with Gasteiger partial charge in [0, 0.05) is 34.3 Å². The van der Waals surface area contributed by atoms with E-state index in [9.17, 15) is 30.0 Å². The number of rotatable bonds is 7. The molecule has 13 heteroatoms. The first-order valence-corrected chi connectivity index (χ1v) is 18.7. The molecule has 0 radical (unpaired) electrons. The Hall–Kier alpha value is -3.53. The second-order valence-electron chi connectivity index (χ2n) is 16.5. The maximum atomic E-state index is 15.1. The first-order valence-electron chi connectivity index (χ1n) is 18.7. The normalized spacial score (nSPS) is 34.4. The molecule has 4 aliphatic rings. The predicted octanol–water partition coefficient (Wildman–Crippen LogP) is 3.64. The van der Waals surface area contributed by atoms with Gasteiger partial charge in [-0.05, 0) is 105 Å². The Bertz CT molecular complexity index is 2110. The van der Waals surface area contributed by atoms with Crippen LogP contribution in [-0.4, -0.2) is 118 Å². The van der Waals surface area contributed by atoms with E-state index in [0.29, 0.717) is 17.5 Å². The van der Waals surface area contributed by atoms with Crippen molar-refractivity contribution in [2.24, 2.45) is 0 Å². The van der Waals surface area contributed by atoms with E-state index in [1.165, 1.54) is 12.1 Å². The Morgan fingerprint density at radius 1 is 0.907 bits per heavy atom. The van der Waals surface area contributed by atoms with Gasteiger partial charge in [0.15, 0.2) is 16.8 Å². The van der Waals surface area contributed by atoms with E-state index in [-0.39, 0.29) is 63.4 Å². The Kier molecular flexibility index (Phi) is 9.54. The first-order chi connectivity index (χ1) is 25.3. The molecule has 4 N–H and O–H groups in total. The number of ketones is 2. The number of aliphatic hydroxyl groups is 3. The van der Waals surface area contributed by atoms with Gasteiger partial charge in [0.2, 0.25) is 5.78 Å². The molecule has 3 aliphatic heterocycles. The molecule has 7 rings (SSSR count). The fraction of sp³-hybridized carbons (Fsp3) is 0.585. The van der Waals surface area contributed by atoms with Crippen LogP contribution in [0.15, 0.2) is 27.4 Å². The maximum absolute atomic E-state index is 15.1. The van der Waals surface area contributed by atoms with Crippen LogP contribution in [0.5, 0.6) is 5.75 Å². The highest BCUT2D eigenvalue weighted by Crippen LogP contribution is 2.51. The summed E-state index contributed by atoms with van der Waals surface area (Å²) >= 11 is 0. The van der Waals surface area contributed by atoms with Crippen molar-refractivity contribution in [3.63, 3.8) is 0 Å². The van der Waals surface area contributed by atoms with Crippen molar-refractivity contribution in [3.8, 4) is 5.75 Å². The molecule has 0 saturated carbocycles. The summed E-state index contributed by atoms with van der Waals surface area (Å²) in [4.78, 5) is 47.6. The van der Waals surface area contributed by atoms with Crippen molar-refractivity contribution in [2.45, 2.75) is 127 Å². The highest BCUT2D eigenvalue weighted by molar-refractivity contribution is 6.33. The van der Waals surface area contributed by atoms with E-state index in [1.54, 1.807) is 33.8 Å². The molecule has 0 bridgehead atoms. The minimum Gasteiger partial charge on any atom is -0.507 e. The van der Waals surface area contributed by atoms with Crippen LogP contribution in [-0.2, 0) is 19.8 Å². The van der Waals surface area contributed by atoms with Crippen LogP contribution in [0.3, 0.4) is 0 Å². The van der Waals surface area contributed by atoms with E-state index in [2.05, 4.69) is 0 Å². The van der Waals surface area contributed by atoms with Crippen molar-refractivity contribution < 1.29 is 48.6 Å². The average Bonchev–Trinajstić information content (AvgIpc) is 3.81. The zero-order valence-electron chi connectivity index (χ0n) is 32.6. The number of likely N-dealkylation sites (N-methyl/N-ethyl adjacent to an activating group) is 2. The van der Waals surface area contributed by atoms with Gasteiger partial charge >= 0.3 is 0 Å². The number of fused-ring (bicyclic) bond motifs is 4. The molecule has 4 heterocycles. The fourth-order valence-corrected chi connectivity index (χ4v) is 9.00. The summed E-state index contributed by atoms with van der Waals surface area (Å²) in [6.45, 7) is 10.6. The molecule has 3 aromatic rings. The summed E-state index contributed by atoms with van der Waals surface area (Å²) in [5.74, 6) is -1.61. The molecule has 13 nitrogen and oxygen atoms in total. The molecule has 2 aromatic carbocycles. The molecular formula is C41H52N2O11. The lowest BCUT2D eigenvalue weighted by molar-refractivity contribution is -0.176. The van der Waals surface area contributed by atoms with Crippen LogP contribution in [0, 0.1) is 6.92 Å². The summed E-state index contributed by atoms with van der Waals surface area (Å²) in [7, 11) is 7.41. The molecule has 1 aliphatic carbocycles. The van der Waals surface area contributed by atoms with Gasteiger partial charge in [0.05, 0.1) is 59.2 Å². The number of hydrogen-bond acceptors (Lipinski definition) is 13. The second kappa shape index (κ2) is 13.3. The third-order valence-electron chi connectivity index (χ3n) is 12.7. The number of phenols is 1. The third-order valence-corrected chi connectivity index (χ3v) is 12.7. The number of epoxide rings is 1. The highest BCUT2D eigenvalue weighted by atomic mass is 16.6. The largest absolute Gasteiger partial charge is 0.507 e. The quantitative estimate of drug-likeness (QED) is 0.201. The summed E-state index contributed by atoms with van der Waals surface area (Å²) in [6, 6.07) is 4.13. The Morgan fingerprint density at radius 3 is 2.20 bits per heavy atom. The lowest BCUT2D eigenvalue weighted by atomic mass is 9.74. The molecule has 1 aromatic heterocycles. The van der Waals surface area contributed by atoms with Crippen molar-refractivity contribution in [1.82, 2.24) is 9.80 Å². The number of benzene rings is 2. The number of aromatic hydroxyl groups is 1. The predicted molar refractivity (Wildman–Crippen MR) is 198 cm³/mol. The number of aliphatic hydroxyl groups excluding tert-OH is 3. The summed E-state index contributed by atoms with van der Waals surface area (Å²) in [5, 5.41) is 45.2. The van der Waals surface area contributed by atoms with Crippen molar-refractivity contribution in [2.75, 3.05) is 28.2 Å². The molecule has 54 heavy (non-hydrogen) atoms. The van der Waals surface area contributed by atoms with Crippen molar-refractivity contribution >= 4 is 22.5 Å². The monoisotopic (exact) mass is 748 g/mol. The van der Waals surface area contributed by atoms with Gasteiger partial charge in [-0.3, -0.25) is 14.4 Å². The number of carbonyl (C=O) groups excluding carboxylic acids is 2. The molecule has 11 atom stereocenters. The Balaban J connectivity index is 1.47. The molecule has 3 saturated heterocycles. The standard InChI is InChI=1S/C41H52N2O11/c1-11-24(44)39-41(6,54-39)28-15-25(45)29-17(2)12-22-31(37(29)53-28)36(49)32-30(35(22)48)20(26-14-23(42(7)8)33(46)18(3)51-26)13-21(34(32)47)27-16-40(5,43(9)10)38(50)19(4)52-27/h12-13,15,18-19,23-24,26-27,33,38-39,44,46-47,50H,11,14,16H2,1-10H3/t18-,19+,23-,24-,26-,27-,33-,38-,39+,40+,41+/m1/s1. The minimum atomic E-state index is -1.14. The van der Waals surface area contributed by atoms with Crippen molar-refractivity contribution in [3.05, 3.63) is 73.1 Å². The zero-order valence-corrected chi connectivity index (χ0v) is 32.6. The van der Waals surface area contributed by atoms with Crippen LogP contribution in [0.2, 0.25) is 0 Å². The SMILES string of the molecule is CC[C@@H](O)[C@@H]1O[C@@]1(C)c1cc(=O)c2c(C)cc3c(c2o1)C(=O)c1c(O)c([C@H]2C[C@](C)(N(C)C)[C@H](O)[C@H](C)O2)cc([C@H]2C[C@@H](N(C)C)[C@H](O)[C@@H](C)O2)c1C3=O. The van der Waals surface area contributed by atoms with E-state index in [1.807, 2.05) is 51.8 Å². The van der Waals surface area contributed by atoms with Gasteiger partial charge in [-0.1, -0.05) is 6.92 Å². The van der Waals surface area contributed by atoms with Gasteiger partial charge in [-0.25, -0.2) is 0 Å². The van der Waals surface area contributed by atoms with Gasteiger partial charge in [0.1, 0.15) is 23.2 Å². The number of phenolic OH excluding ortho intramolecular Hbond substituents is 1. The lowest BCUT2D eigenvalue weighted by Crippen LogP contribution is -2.59. The third kappa shape index (κ3) is 5.70. The number of hydrogen-bond donors (Lipinski definition) is 4. The maximum Gasteiger partial charge on any atom is 0.202 e. The van der Waals surface area contributed by atoms with Crippen molar-refractivity contribution in [1.29, 1.82) is 0 Å². The number of aryl methyl sites for hydroxylation is 1. The zero-order chi connectivity index (χ0) is 39.5. The number of ether oxygens (including phenoxy) is 3. The smallest absolute Gasteiger partial charge is 0.202 e. The van der Waals surface area contributed by atoms with E-state index in [0.717, 1.165) is 0 Å². The van der Waals surface area contributed by atoms with Crippen LogP contribution in [0.25, 0.3) is 11.0 Å². The van der Waals surface area contributed by atoms with E-state index < -0.39 is 82.7 Å². The molecule has 0 spiro atoms. The lowest BCUT2D eigenvalue weighted by Gasteiger charge is -2.49. The van der Waals surface area contributed by atoms with Gasteiger partial charge in [-0.2, -0.15) is 0 Å². The number of carbonyl (C=O) groups is 2. The fourth-order valence-electron chi connectivity index (χ4n) is 9.00. The van der Waals surface area contributed by atoms with Crippen LogP contribution in [0.1, 0.15) is 120 Å². The molecular weight excluding hydrogens is 696 g/mol.